The maximum atomic E-state index is 12.8. The average molecular weight is 312 g/mol. The number of hydrogen-bond donors (Lipinski definition) is 1. The number of nitrogens with one attached hydrogen (secondary N) is 1. The van der Waals surface area contributed by atoms with Crippen molar-refractivity contribution in [3.8, 4) is 0 Å². The van der Waals surface area contributed by atoms with Crippen molar-refractivity contribution >= 4 is 11.8 Å². The van der Waals surface area contributed by atoms with Crippen LogP contribution in [0.5, 0.6) is 0 Å². The van der Waals surface area contributed by atoms with Crippen molar-refractivity contribution in [2.45, 2.75) is 56.9 Å². The molecule has 2 heterocycles. The molecule has 1 aliphatic carbocycles. The fourth-order valence-electron chi connectivity index (χ4n) is 4.34. The third kappa shape index (κ3) is 2.75. The molecule has 122 valence electrons. The van der Waals surface area contributed by atoms with E-state index < -0.39 is 0 Å². The number of benzene rings is 1. The molecular formula is C19H24N2O2. The van der Waals surface area contributed by atoms with Crippen LogP contribution in [0.4, 0.5) is 0 Å². The van der Waals surface area contributed by atoms with E-state index in [1.807, 2.05) is 11.0 Å². The fourth-order valence-corrected chi connectivity index (χ4v) is 4.34. The van der Waals surface area contributed by atoms with Crippen LogP contribution in [-0.4, -0.2) is 35.3 Å². The van der Waals surface area contributed by atoms with Gasteiger partial charge in [-0.2, -0.15) is 0 Å². The predicted octanol–water partition coefficient (Wildman–Crippen LogP) is 2.45. The molecule has 2 aliphatic heterocycles. The molecule has 4 rings (SSSR count). The molecule has 2 saturated heterocycles. The van der Waals surface area contributed by atoms with E-state index in [1.165, 1.54) is 24.0 Å². The summed E-state index contributed by atoms with van der Waals surface area (Å²) >= 11 is 0. The maximum absolute atomic E-state index is 12.8. The number of piperidine rings is 1. The summed E-state index contributed by atoms with van der Waals surface area (Å²) in [6.07, 6.45) is 8.08. The van der Waals surface area contributed by atoms with Crippen LogP contribution in [-0.2, 0) is 17.6 Å². The summed E-state index contributed by atoms with van der Waals surface area (Å²) in [7, 11) is 0. The van der Waals surface area contributed by atoms with Gasteiger partial charge in [0.25, 0.3) is 5.91 Å². The van der Waals surface area contributed by atoms with Gasteiger partial charge >= 0.3 is 0 Å². The van der Waals surface area contributed by atoms with Gasteiger partial charge in [0, 0.05) is 30.6 Å². The van der Waals surface area contributed by atoms with Crippen molar-refractivity contribution < 1.29 is 9.59 Å². The Morgan fingerprint density at radius 2 is 1.74 bits per heavy atom. The van der Waals surface area contributed by atoms with Crippen LogP contribution < -0.4 is 5.32 Å². The van der Waals surface area contributed by atoms with Gasteiger partial charge in [-0.05, 0) is 68.2 Å². The molecule has 2 fully saturated rings. The molecule has 0 bridgehead atoms. The lowest BCUT2D eigenvalue weighted by molar-refractivity contribution is -0.120. The number of carbonyl (C=O) groups is 2. The summed E-state index contributed by atoms with van der Waals surface area (Å²) in [4.78, 5) is 26.2. The Bertz CT molecular complexity index is 645. The van der Waals surface area contributed by atoms with Gasteiger partial charge in [-0.3, -0.25) is 9.59 Å². The van der Waals surface area contributed by atoms with Crippen molar-refractivity contribution in [1.82, 2.24) is 10.2 Å². The topological polar surface area (TPSA) is 49.4 Å². The summed E-state index contributed by atoms with van der Waals surface area (Å²) in [6, 6.07) is 6.25. The molecule has 0 radical (unpaired) electrons. The Morgan fingerprint density at radius 1 is 1.00 bits per heavy atom. The minimum absolute atomic E-state index is 0.0380. The summed E-state index contributed by atoms with van der Waals surface area (Å²) in [5.74, 6) is 0.317. The van der Waals surface area contributed by atoms with E-state index in [1.54, 1.807) is 0 Å². The third-order valence-corrected chi connectivity index (χ3v) is 5.84. The van der Waals surface area contributed by atoms with Crippen LogP contribution in [0.2, 0.25) is 0 Å². The van der Waals surface area contributed by atoms with Crippen molar-refractivity contribution in [2.75, 3.05) is 13.1 Å². The van der Waals surface area contributed by atoms with Gasteiger partial charge in [-0.15, -0.1) is 0 Å². The van der Waals surface area contributed by atoms with E-state index in [0.717, 1.165) is 50.8 Å². The highest BCUT2D eigenvalue weighted by molar-refractivity contribution is 5.94. The van der Waals surface area contributed by atoms with E-state index in [-0.39, 0.29) is 17.4 Å². The second-order valence-corrected chi connectivity index (χ2v) is 7.31. The molecule has 4 heteroatoms. The number of rotatable bonds is 1. The monoisotopic (exact) mass is 312 g/mol. The quantitative estimate of drug-likeness (QED) is 0.866. The summed E-state index contributed by atoms with van der Waals surface area (Å²) < 4.78 is 0. The number of carbonyl (C=O) groups excluding carboxylic acids is 2. The highest BCUT2D eigenvalue weighted by atomic mass is 16.2. The number of aryl methyl sites for hydroxylation is 2. The van der Waals surface area contributed by atoms with Gasteiger partial charge in [0.1, 0.15) is 0 Å². The SMILES string of the molecule is O=C1CCC2(CCN(C(=O)c3ccc4c(c3)CCCC4)CC2)N1. The molecule has 0 saturated carbocycles. The van der Waals surface area contributed by atoms with Crippen LogP contribution in [0.3, 0.4) is 0 Å². The van der Waals surface area contributed by atoms with Gasteiger partial charge in [-0.25, -0.2) is 0 Å². The summed E-state index contributed by atoms with van der Waals surface area (Å²) in [5, 5.41) is 3.13. The Hall–Kier alpha value is -1.84. The standard InChI is InChI=1S/C19H24N2O2/c22-17-7-8-19(20-17)9-11-21(12-10-19)18(23)16-6-5-14-3-1-2-4-15(14)13-16/h5-6,13H,1-4,7-12H2,(H,20,22). The van der Waals surface area contributed by atoms with E-state index in [9.17, 15) is 9.59 Å². The maximum Gasteiger partial charge on any atom is 0.253 e. The molecule has 1 aromatic rings. The number of fused-ring (bicyclic) bond motifs is 1. The van der Waals surface area contributed by atoms with Crippen molar-refractivity contribution in [3.63, 3.8) is 0 Å². The third-order valence-electron chi connectivity index (χ3n) is 5.84. The van der Waals surface area contributed by atoms with Crippen LogP contribution in [0.25, 0.3) is 0 Å². The number of amides is 2. The van der Waals surface area contributed by atoms with Crippen LogP contribution in [0.1, 0.15) is 60.0 Å². The minimum atomic E-state index is -0.0380. The Labute approximate surface area is 137 Å². The van der Waals surface area contributed by atoms with Crippen LogP contribution in [0, 0.1) is 0 Å². The van der Waals surface area contributed by atoms with Gasteiger partial charge in [0.05, 0.1) is 0 Å². The molecule has 0 aromatic heterocycles. The van der Waals surface area contributed by atoms with Crippen LogP contribution in [0.15, 0.2) is 18.2 Å². The van der Waals surface area contributed by atoms with Crippen molar-refractivity contribution in [1.29, 1.82) is 0 Å². The second-order valence-electron chi connectivity index (χ2n) is 7.31. The first-order valence-electron chi connectivity index (χ1n) is 8.87. The first kappa shape index (κ1) is 14.7. The number of nitrogens with zero attached hydrogens (tertiary/aromatic N) is 1. The highest BCUT2D eigenvalue weighted by Gasteiger charge is 2.41. The lowest BCUT2D eigenvalue weighted by atomic mass is 9.86. The molecule has 23 heavy (non-hydrogen) atoms. The van der Waals surface area contributed by atoms with Crippen molar-refractivity contribution in [2.24, 2.45) is 0 Å². The Balaban J connectivity index is 1.45. The molecule has 1 N–H and O–H groups in total. The van der Waals surface area contributed by atoms with Gasteiger partial charge < -0.3 is 10.2 Å². The van der Waals surface area contributed by atoms with E-state index in [4.69, 9.17) is 0 Å². The zero-order chi connectivity index (χ0) is 15.9. The molecular weight excluding hydrogens is 288 g/mol. The first-order valence-corrected chi connectivity index (χ1v) is 8.87. The Kier molecular flexibility index (Phi) is 3.63. The van der Waals surface area contributed by atoms with E-state index >= 15 is 0 Å². The summed E-state index contributed by atoms with van der Waals surface area (Å²) in [5.41, 5.74) is 3.57. The Morgan fingerprint density at radius 3 is 2.43 bits per heavy atom. The molecule has 3 aliphatic rings. The molecule has 0 atom stereocenters. The van der Waals surface area contributed by atoms with Crippen LogP contribution >= 0.6 is 0 Å². The highest BCUT2D eigenvalue weighted by Crippen LogP contribution is 2.32. The van der Waals surface area contributed by atoms with Gasteiger partial charge in [0.15, 0.2) is 0 Å². The number of hydrogen-bond acceptors (Lipinski definition) is 2. The van der Waals surface area contributed by atoms with E-state index in [0.29, 0.717) is 6.42 Å². The second kappa shape index (κ2) is 5.66. The lowest BCUT2D eigenvalue weighted by Crippen LogP contribution is -2.52. The van der Waals surface area contributed by atoms with Gasteiger partial charge in [0.2, 0.25) is 5.91 Å². The van der Waals surface area contributed by atoms with E-state index in [2.05, 4.69) is 17.4 Å². The molecule has 1 spiro atoms. The smallest absolute Gasteiger partial charge is 0.253 e. The van der Waals surface area contributed by atoms with Gasteiger partial charge in [-0.1, -0.05) is 6.07 Å². The summed E-state index contributed by atoms with van der Waals surface area (Å²) in [6.45, 7) is 1.49. The molecule has 4 nitrogen and oxygen atoms in total. The zero-order valence-electron chi connectivity index (χ0n) is 13.6. The fraction of sp³-hybridized carbons (Fsp3) is 0.579. The number of likely N-dealkylation sites (tertiary alicyclic amines) is 1. The first-order chi connectivity index (χ1) is 11.2. The molecule has 1 aromatic carbocycles. The molecule has 0 unspecified atom stereocenters. The zero-order valence-corrected chi connectivity index (χ0v) is 13.6. The minimum Gasteiger partial charge on any atom is -0.351 e. The predicted molar refractivity (Wildman–Crippen MR) is 88.3 cm³/mol. The lowest BCUT2D eigenvalue weighted by Gasteiger charge is -2.39. The normalized spacial score (nSPS) is 22.8. The van der Waals surface area contributed by atoms with Crippen molar-refractivity contribution in [3.05, 3.63) is 34.9 Å². The largest absolute Gasteiger partial charge is 0.351 e. The molecule has 2 amide bonds. The average Bonchev–Trinajstić information content (AvgIpc) is 2.95.